The summed E-state index contributed by atoms with van der Waals surface area (Å²) < 4.78 is 7.36. The summed E-state index contributed by atoms with van der Waals surface area (Å²) in [4.78, 5) is 27.0. The van der Waals surface area contributed by atoms with Crippen LogP contribution in [0.5, 0.6) is 5.75 Å². The van der Waals surface area contributed by atoms with Gasteiger partial charge >= 0.3 is 0 Å². The molecule has 4 rings (SSSR count). The first-order chi connectivity index (χ1) is 18.0. The van der Waals surface area contributed by atoms with Crippen LogP contribution in [0, 0.1) is 10.1 Å². The van der Waals surface area contributed by atoms with Gasteiger partial charge in [-0.2, -0.15) is 5.10 Å². The van der Waals surface area contributed by atoms with Crippen molar-refractivity contribution in [3.8, 4) is 22.8 Å². The van der Waals surface area contributed by atoms with E-state index in [1.54, 1.807) is 18.5 Å². The van der Waals surface area contributed by atoms with Gasteiger partial charge in [-0.15, -0.1) is 10.2 Å². The van der Waals surface area contributed by atoms with Crippen molar-refractivity contribution in [3.63, 3.8) is 0 Å². The Balaban J connectivity index is 1.50. The third-order valence-electron chi connectivity index (χ3n) is 4.87. The molecule has 0 spiro atoms. The summed E-state index contributed by atoms with van der Waals surface area (Å²) >= 11 is 7.22. The maximum Gasteiger partial charge on any atom is 0.270 e. The van der Waals surface area contributed by atoms with E-state index in [1.165, 1.54) is 36.2 Å². The lowest BCUT2D eigenvalue weighted by atomic mass is 10.2. The van der Waals surface area contributed by atoms with Crippen molar-refractivity contribution in [2.75, 3.05) is 12.4 Å². The standard InChI is InChI=1S/C24H20ClN7O4S/c1-2-36-20-8-5-18(6-9-20)31-23(16-4-3-11-26-13-16)29-30-24(31)37-15-22(33)28-27-14-17-12-19(32(34)35)7-10-21(17)25/h3-14H,2,15H2,1H3,(H,28,33)/b27-14-. The molecule has 37 heavy (non-hydrogen) atoms. The van der Waals surface area contributed by atoms with Crippen LogP contribution in [-0.4, -0.2) is 49.2 Å². The SMILES string of the molecule is CCOc1ccc(-n2c(SCC(=O)N/N=C\c3cc([N+](=O)[O-])ccc3Cl)nnc2-c2cccnc2)cc1. The fourth-order valence-corrected chi connectivity index (χ4v) is 4.13. The quantitative estimate of drug-likeness (QED) is 0.135. The zero-order valence-electron chi connectivity index (χ0n) is 19.4. The number of nitro benzene ring substituents is 1. The number of thioether (sulfide) groups is 1. The van der Waals surface area contributed by atoms with Crippen LogP contribution in [0.25, 0.3) is 17.1 Å². The van der Waals surface area contributed by atoms with Gasteiger partial charge in [0.1, 0.15) is 5.75 Å². The van der Waals surface area contributed by atoms with Crippen LogP contribution in [0.1, 0.15) is 12.5 Å². The normalized spacial score (nSPS) is 11.0. The van der Waals surface area contributed by atoms with E-state index in [1.807, 2.05) is 41.8 Å². The molecule has 13 heteroatoms. The molecule has 1 amide bonds. The van der Waals surface area contributed by atoms with Gasteiger partial charge < -0.3 is 4.74 Å². The molecule has 0 saturated heterocycles. The number of nitro groups is 1. The number of pyridine rings is 1. The summed E-state index contributed by atoms with van der Waals surface area (Å²) in [6, 6.07) is 15.1. The van der Waals surface area contributed by atoms with E-state index in [4.69, 9.17) is 16.3 Å². The molecule has 11 nitrogen and oxygen atoms in total. The van der Waals surface area contributed by atoms with E-state index in [9.17, 15) is 14.9 Å². The minimum Gasteiger partial charge on any atom is -0.494 e. The fourth-order valence-electron chi connectivity index (χ4n) is 3.22. The summed E-state index contributed by atoms with van der Waals surface area (Å²) in [6.07, 6.45) is 4.60. The van der Waals surface area contributed by atoms with Gasteiger partial charge in [0.05, 0.1) is 23.5 Å². The summed E-state index contributed by atoms with van der Waals surface area (Å²) in [7, 11) is 0. The number of nitrogens with zero attached hydrogens (tertiary/aromatic N) is 6. The molecule has 0 fully saturated rings. The van der Waals surface area contributed by atoms with E-state index >= 15 is 0 Å². The van der Waals surface area contributed by atoms with Gasteiger partial charge in [0.15, 0.2) is 11.0 Å². The topological polar surface area (TPSA) is 137 Å². The number of hydrogen-bond donors (Lipinski definition) is 1. The second-order valence-electron chi connectivity index (χ2n) is 7.35. The van der Waals surface area contributed by atoms with Gasteiger partial charge in [-0.1, -0.05) is 23.4 Å². The zero-order valence-corrected chi connectivity index (χ0v) is 21.0. The third kappa shape index (κ3) is 6.48. The summed E-state index contributed by atoms with van der Waals surface area (Å²) in [6.45, 7) is 2.47. The second-order valence-corrected chi connectivity index (χ2v) is 8.70. The highest BCUT2D eigenvalue weighted by atomic mass is 35.5. The van der Waals surface area contributed by atoms with Crippen molar-refractivity contribution < 1.29 is 14.5 Å². The van der Waals surface area contributed by atoms with E-state index in [0.29, 0.717) is 23.2 Å². The highest BCUT2D eigenvalue weighted by molar-refractivity contribution is 7.99. The summed E-state index contributed by atoms with van der Waals surface area (Å²) in [5, 5.41) is 24.2. The molecule has 0 aliphatic heterocycles. The molecule has 0 saturated carbocycles. The minimum atomic E-state index is -0.539. The van der Waals surface area contributed by atoms with Crippen LogP contribution < -0.4 is 10.2 Å². The first-order valence-electron chi connectivity index (χ1n) is 10.9. The Bertz CT molecular complexity index is 1430. The van der Waals surface area contributed by atoms with Gasteiger partial charge in [-0.05, 0) is 49.4 Å². The Morgan fingerprint density at radius 1 is 1.24 bits per heavy atom. The Kier molecular flexibility index (Phi) is 8.44. The Labute approximate surface area is 220 Å². The predicted octanol–water partition coefficient (Wildman–Crippen LogP) is 4.53. The molecule has 2 heterocycles. The Morgan fingerprint density at radius 3 is 2.76 bits per heavy atom. The number of ether oxygens (including phenoxy) is 1. The van der Waals surface area contributed by atoms with Gasteiger partial charge in [0.25, 0.3) is 11.6 Å². The van der Waals surface area contributed by atoms with Crippen LogP contribution in [0.2, 0.25) is 5.02 Å². The Hall–Kier alpha value is -4.29. The maximum atomic E-state index is 12.4. The fraction of sp³-hybridized carbons (Fsp3) is 0.125. The number of halogens is 1. The lowest BCUT2D eigenvalue weighted by Crippen LogP contribution is -2.20. The van der Waals surface area contributed by atoms with Crippen molar-refractivity contribution in [2.45, 2.75) is 12.1 Å². The summed E-state index contributed by atoms with van der Waals surface area (Å²) in [5.41, 5.74) is 4.11. The molecule has 188 valence electrons. The number of carbonyl (C=O) groups is 1. The number of hydrogen-bond acceptors (Lipinski definition) is 9. The molecule has 2 aromatic carbocycles. The largest absolute Gasteiger partial charge is 0.494 e. The average molecular weight is 538 g/mol. The van der Waals surface area contributed by atoms with Gasteiger partial charge in [0.2, 0.25) is 0 Å². The van der Waals surface area contributed by atoms with Gasteiger partial charge in [0, 0.05) is 46.4 Å². The molecular weight excluding hydrogens is 518 g/mol. The van der Waals surface area contributed by atoms with Gasteiger partial charge in [-0.3, -0.25) is 24.5 Å². The summed E-state index contributed by atoms with van der Waals surface area (Å²) in [5.74, 6) is 0.880. The molecule has 1 N–H and O–H groups in total. The molecule has 0 aliphatic rings. The van der Waals surface area contributed by atoms with E-state index in [-0.39, 0.29) is 16.5 Å². The lowest BCUT2D eigenvalue weighted by Gasteiger charge is -2.11. The highest BCUT2D eigenvalue weighted by Gasteiger charge is 2.17. The molecule has 4 aromatic rings. The predicted molar refractivity (Wildman–Crippen MR) is 140 cm³/mol. The smallest absolute Gasteiger partial charge is 0.270 e. The molecule has 2 aromatic heterocycles. The van der Waals surface area contributed by atoms with Crippen molar-refractivity contribution in [1.29, 1.82) is 0 Å². The first kappa shape index (κ1) is 25.8. The van der Waals surface area contributed by atoms with Crippen molar-refractivity contribution in [2.24, 2.45) is 5.10 Å². The van der Waals surface area contributed by atoms with E-state index < -0.39 is 10.8 Å². The first-order valence-corrected chi connectivity index (χ1v) is 12.3. The number of carbonyl (C=O) groups excluding carboxylic acids is 1. The molecule has 0 atom stereocenters. The van der Waals surface area contributed by atoms with Crippen LogP contribution >= 0.6 is 23.4 Å². The van der Waals surface area contributed by atoms with Crippen molar-refractivity contribution in [1.82, 2.24) is 25.2 Å². The number of benzene rings is 2. The number of rotatable bonds is 10. The number of non-ortho nitro benzene ring substituents is 1. The second kappa shape index (κ2) is 12.1. The minimum absolute atomic E-state index is 0.0117. The molecular formula is C24H20ClN7O4S. The molecule has 0 radical (unpaired) electrons. The van der Waals surface area contributed by atoms with E-state index in [0.717, 1.165) is 17.0 Å². The van der Waals surface area contributed by atoms with Gasteiger partial charge in [-0.25, -0.2) is 5.43 Å². The highest BCUT2D eigenvalue weighted by Crippen LogP contribution is 2.28. The van der Waals surface area contributed by atoms with Crippen molar-refractivity contribution in [3.05, 3.63) is 87.7 Å². The number of hydrazone groups is 1. The maximum absolute atomic E-state index is 12.4. The average Bonchev–Trinajstić information content (AvgIpc) is 3.33. The molecule has 0 aliphatic carbocycles. The lowest BCUT2D eigenvalue weighted by molar-refractivity contribution is -0.384. The van der Waals surface area contributed by atoms with E-state index in [2.05, 4.69) is 25.7 Å². The number of aromatic nitrogens is 4. The molecule has 0 unspecified atom stereocenters. The van der Waals surface area contributed by atoms with Crippen molar-refractivity contribution >= 4 is 41.2 Å². The monoisotopic (exact) mass is 537 g/mol. The molecule has 0 bridgehead atoms. The Morgan fingerprint density at radius 2 is 2.05 bits per heavy atom. The zero-order chi connectivity index (χ0) is 26.2. The van der Waals surface area contributed by atoms with Crippen LogP contribution in [0.4, 0.5) is 5.69 Å². The van der Waals surface area contributed by atoms with Crippen LogP contribution in [0.3, 0.4) is 0 Å². The third-order valence-corrected chi connectivity index (χ3v) is 6.15. The number of nitrogens with one attached hydrogen (secondary N) is 1. The number of amides is 1. The van der Waals surface area contributed by atoms with Crippen LogP contribution in [0.15, 0.2) is 77.2 Å². The van der Waals surface area contributed by atoms with Crippen LogP contribution in [-0.2, 0) is 4.79 Å².